The maximum Gasteiger partial charge on any atom is 0.261 e. The van der Waals surface area contributed by atoms with E-state index in [-0.39, 0.29) is 24.5 Å². The van der Waals surface area contributed by atoms with Crippen molar-refractivity contribution in [3.05, 3.63) is 98.9 Å². The first-order valence-electron chi connectivity index (χ1n) is 11.6. The van der Waals surface area contributed by atoms with Crippen molar-refractivity contribution in [2.75, 3.05) is 6.61 Å². The molecule has 0 aliphatic heterocycles. The van der Waals surface area contributed by atoms with Crippen molar-refractivity contribution in [3.8, 4) is 5.75 Å². The van der Waals surface area contributed by atoms with Crippen LogP contribution in [0.5, 0.6) is 5.75 Å². The maximum atomic E-state index is 13.5. The second kappa shape index (κ2) is 13.4. The first-order chi connectivity index (χ1) is 16.9. The Hall–Kier alpha value is -2.64. The van der Waals surface area contributed by atoms with Gasteiger partial charge in [0.25, 0.3) is 5.91 Å². The largest absolute Gasteiger partial charge is 0.484 e. The molecule has 0 radical (unpaired) electrons. The Morgan fingerprint density at radius 3 is 2.09 bits per heavy atom. The Kier molecular flexibility index (Phi) is 10.4. The minimum atomic E-state index is -0.684. The molecule has 7 heteroatoms. The van der Waals surface area contributed by atoms with Gasteiger partial charge in [-0.2, -0.15) is 0 Å². The smallest absolute Gasteiger partial charge is 0.261 e. The summed E-state index contributed by atoms with van der Waals surface area (Å²) in [5, 5.41) is 3.07. The molecule has 0 spiro atoms. The first kappa shape index (κ1) is 27.0. The highest BCUT2D eigenvalue weighted by molar-refractivity contribution is 9.10. The molecule has 3 aromatic carbocycles. The van der Waals surface area contributed by atoms with Gasteiger partial charge in [0.1, 0.15) is 11.8 Å². The number of nitrogens with one attached hydrogen (secondary N) is 1. The van der Waals surface area contributed by atoms with E-state index in [4.69, 9.17) is 4.74 Å². The molecule has 0 aliphatic rings. The minimum Gasteiger partial charge on any atom is -0.484 e. The molecule has 2 amide bonds. The Morgan fingerprint density at radius 1 is 0.886 bits per heavy atom. The lowest BCUT2D eigenvalue weighted by Crippen LogP contribution is -2.53. The van der Waals surface area contributed by atoms with Gasteiger partial charge in [0, 0.05) is 28.0 Å². The standard InChI is InChI=1S/C28H30Br2N2O3/c1-3-20(2)31-28(34)26(17-21-7-5-4-6-8-21)32(18-22-9-11-23(29)12-10-22)27(33)19-35-25-15-13-24(30)14-16-25/h4-16,20,26H,3,17-19H2,1-2H3,(H,31,34)/t20-,26+/m0/s1. The highest BCUT2D eigenvalue weighted by atomic mass is 79.9. The van der Waals surface area contributed by atoms with Crippen LogP contribution in [0.4, 0.5) is 0 Å². The lowest BCUT2D eigenvalue weighted by atomic mass is 10.0. The van der Waals surface area contributed by atoms with E-state index < -0.39 is 6.04 Å². The molecular weight excluding hydrogens is 572 g/mol. The Bertz CT molecular complexity index is 1090. The average Bonchev–Trinajstić information content (AvgIpc) is 2.87. The monoisotopic (exact) mass is 600 g/mol. The van der Waals surface area contributed by atoms with Gasteiger partial charge in [0.15, 0.2) is 6.61 Å². The lowest BCUT2D eigenvalue weighted by Gasteiger charge is -2.32. The molecule has 2 atom stereocenters. The second-order valence-electron chi connectivity index (χ2n) is 8.41. The Morgan fingerprint density at radius 2 is 1.49 bits per heavy atom. The number of carbonyl (C=O) groups excluding carboxylic acids is 2. The molecule has 0 aliphatic carbocycles. The number of carbonyl (C=O) groups is 2. The topological polar surface area (TPSA) is 58.6 Å². The number of hydrogen-bond acceptors (Lipinski definition) is 3. The van der Waals surface area contributed by atoms with E-state index in [1.54, 1.807) is 17.0 Å². The third kappa shape index (κ3) is 8.51. The van der Waals surface area contributed by atoms with Crippen molar-refractivity contribution < 1.29 is 14.3 Å². The zero-order valence-electron chi connectivity index (χ0n) is 19.9. The Labute approximate surface area is 224 Å². The molecule has 35 heavy (non-hydrogen) atoms. The number of benzene rings is 3. The van der Waals surface area contributed by atoms with Gasteiger partial charge < -0.3 is 15.0 Å². The molecule has 0 fully saturated rings. The fourth-order valence-corrected chi connectivity index (χ4v) is 4.07. The van der Waals surface area contributed by atoms with E-state index in [0.717, 1.165) is 26.5 Å². The summed E-state index contributed by atoms with van der Waals surface area (Å²) in [6.45, 7) is 4.12. The van der Waals surface area contributed by atoms with Gasteiger partial charge in [-0.3, -0.25) is 9.59 Å². The van der Waals surface area contributed by atoms with Crippen LogP contribution in [-0.4, -0.2) is 35.4 Å². The Balaban J connectivity index is 1.89. The third-order valence-corrected chi connectivity index (χ3v) is 6.77. The fraction of sp³-hybridized carbons (Fsp3) is 0.286. The summed E-state index contributed by atoms with van der Waals surface area (Å²) >= 11 is 6.86. The van der Waals surface area contributed by atoms with Crippen molar-refractivity contribution in [3.63, 3.8) is 0 Å². The van der Waals surface area contributed by atoms with Crippen LogP contribution in [0.2, 0.25) is 0 Å². The lowest BCUT2D eigenvalue weighted by molar-refractivity contribution is -0.143. The zero-order chi connectivity index (χ0) is 25.2. The number of rotatable bonds is 11. The number of amides is 2. The minimum absolute atomic E-state index is 0.00409. The normalized spacial score (nSPS) is 12.5. The summed E-state index contributed by atoms with van der Waals surface area (Å²) in [6.07, 6.45) is 1.21. The summed E-state index contributed by atoms with van der Waals surface area (Å²) in [5.41, 5.74) is 1.92. The molecule has 5 nitrogen and oxygen atoms in total. The second-order valence-corrected chi connectivity index (χ2v) is 10.2. The van der Waals surface area contributed by atoms with Gasteiger partial charge in [-0.15, -0.1) is 0 Å². The van der Waals surface area contributed by atoms with Gasteiger partial charge in [-0.05, 0) is 60.9 Å². The van der Waals surface area contributed by atoms with Crippen LogP contribution in [0.15, 0.2) is 87.8 Å². The van der Waals surface area contributed by atoms with E-state index in [9.17, 15) is 9.59 Å². The molecule has 0 unspecified atom stereocenters. The molecular formula is C28H30Br2N2O3. The summed E-state index contributed by atoms with van der Waals surface area (Å²) in [5.74, 6) is 0.169. The maximum absolute atomic E-state index is 13.5. The van der Waals surface area contributed by atoms with Crippen molar-refractivity contribution >= 4 is 43.7 Å². The number of ether oxygens (including phenoxy) is 1. The van der Waals surface area contributed by atoms with E-state index in [2.05, 4.69) is 37.2 Å². The number of hydrogen-bond donors (Lipinski definition) is 1. The highest BCUT2D eigenvalue weighted by Crippen LogP contribution is 2.19. The SMILES string of the molecule is CC[C@H](C)NC(=O)[C@@H](Cc1ccccc1)N(Cc1ccc(Br)cc1)C(=O)COc1ccc(Br)cc1. The van der Waals surface area contributed by atoms with Crippen molar-refractivity contribution in [1.29, 1.82) is 0 Å². The van der Waals surface area contributed by atoms with E-state index in [1.807, 2.05) is 80.6 Å². The van der Waals surface area contributed by atoms with Crippen LogP contribution in [0.1, 0.15) is 31.4 Å². The van der Waals surface area contributed by atoms with Gasteiger partial charge in [0.2, 0.25) is 5.91 Å². The van der Waals surface area contributed by atoms with Gasteiger partial charge in [0.05, 0.1) is 0 Å². The number of nitrogens with zero attached hydrogens (tertiary/aromatic N) is 1. The fourth-order valence-electron chi connectivity index (χ4n) is 3.54. The van der Waals surface area contributed by atoms with Crippen LogP contribution >= 0.6 is 31.9 Å². The predicted molar refractivity (Wildman–Crippen MR) is 146 cm³/mol. The molecule has 184 valence electrons. The molecule has 0 saturated carbocycles. The molecule has 0 bridgehead atoms. The molecule has 0 saturated heterocycles. The summed E-state index contributed by atoms with van der Waals surface area (Å²) in [6, 6.07) is 24.2. The highest BCUT2D eigenvalue weighted by Gasteiger charge is 2.31. The van der Waals surface area contributed by atoms with Crippen LogP contribution in [0.3, 0.4) is 0 Å². The predicted octanol–water partition coefficient (Wildman–Crippen LogP) is 6.15. The summed E-state index contributed by atoms with van der Waals surface area (Å²) in [4.78, 5) is 28.6. The van der Waals surface area contributed by atoms with Crippen molar-refractivity contribution in [2.45, 2.75) is 45.3 Å². The quantitative estimate of drug-likeness (QED) is 0.287. The van der Waals surface area contributed by atoms with Crippen LogP contribution in [0.25, 0.3) is 0 Å². The van der Waals surface area contributed by atoms with E-state index in [1.165, 1.54) is 0 Å². The van der Waals surface area contributed by atoms with Crippen LogP contribution in [-0.2, 0) is 22.6 Å². The van der Waals surface area contributed by atoms with E-state index in [0.29, 0.717) is 18.7 Å². The van der Waals surface area contributed by atoms with Gasteiger partial charge in [-0.25, -0.2) is 0 Å². The first-order valence-corrected chi connectivity index (χ1v) is 13.2. The van der Waals surface area contributed by atoms with Crippen molar-refractivity contribution in [2.24, 2.45) is 0 Å². The molecule has 3 rings (SSSR count). The molecule has 0 aromatic heterocycles. The van der Waals surface area contributed by atoms with Crippen molar-refractivity contribution in [1.82, 2.24) is 10.2 Å². The van der Waals surface area contributed by atoms with E-state index >= 15 is 0 Å². The van der Waals surface area contributed by atoms with Crippen LogP contribution in [0, 0.1) is 0 Å². The zero-order valence-corrected chi connectivity index (χ0v) is 23.1. The summed E-state index contributed by atoms with van der Waals surface area (Å²) < 4.78 is 7.67. The molecule has 1 N–H and O–H groups in total. The summed E-state index contributed by atoms with van der Waals surface area (Å²) in [7, 11) is 0. The van der Waals surface area contributed by atoms with Gasteiger partial charge in [-0.1, -0.05) is 81.2 Å². The third-order valence-electron chi connectivity index (χ3n) is 5.71. The van der Waals surface area contributed by atoms with Gasteiger partial charge >= 0.3 is 0 Å². The molecule has 0 heterocycles. The number of halogens is 2. The van der Waals surface area contributed by atoms with Crippen LogP contribution < -0.4 is 10.1 Å². The molecule has 3 aromatic rings. The average molecular weight is 602 g/mol.